The maximum Gasteiger partial charge on any atom is 0.327 e. The van der Waals surface area contributed by atoms with Crippen molar-refractivity contribution in [1.29, 1.82) is 0 Å². The summed E-state index contributed by atoms with van der Waals surface area (Å²) in [5.41, 5.74) is -2.78. The molecule has 0 N–H and O–H groups in total. The van der Waals surface area contributed by atoms with Crippen molar-refractivity contribution >= 4 is 17.8 Å². The molecule has 1 spiro atoms. The Morgan fingerprint density at radius 3 is 2.54 bits per heavy atom. The standard InChI is InChI=1S/C17H21NO6/c1-4-9-18-10-16-8-7-11(24-16)17(12(16)13(18)19,14(20)22-5-2)15(21)23-6-3/h4,7-8,11-12H,1,5-6,9-10H2,2-3H3/t11-,12+,16-/m0/s1. The Kier molecular flexibility index (Phi) is 3.99. The Labute approximate surface area is 140 Å². The fourth-order valence-electron chi connectivity index (χ4n) is 4.03. The van der Waals surface area contributed by atoms with Gasteiger partial charge in [0, 0.05) is 6.54 Å². The van der Waals surface area contributed by atoms with Gasteiger partial charge in [-0.1, -0.05) is 18.2 Å². The van der Waals surface area contributed by atoms with Gasteiger partial charge in [0.15, 0.2) is 0 Å². The molecule has 0 aromatic carbocycles. The van der Waals surface area contributed by atoms with Gasteiger partial charge >= 0.3 is 11.9 Å². The third kappa shape index (κ3) is 1.90. The monoisotopic (exact) mass is 335 g/mol. The molecule has 3 atom stereocenters. The molecule has 0 aromatic rings. The molecule has 7 heteroatoms. The zero-order valence-electron chi connectivity index (χ0n) is 13.8. The topological polar surface area (TPSA) is 82.1 Å². The minimum Gasteiger partial charge on any atom is -0.465 e. The molecule has 3 rings (SSSR count). The maximum atomic E-state index is 12.9. The number of hydrogen-bond acceptors (Lipinski definition) is 6. The second-order valence-corrected chi connectivity index (χ2v) is 6.10. The van der Waals surface area contributed by atoms with Crippen LogP contribution in [0.5, 0.6) is 0 Å². The van der Waals surface area contributed by atoms with Crippen molar-refractivity contribution < 1.29 is 28.6 Å². The van der Waals surface area contributed by atoms with Gasteiger partial charge < -0.3 is 19.1 Å². The zero-order valence-corrected chi connectivity index (χ0v) is 13.8. The lowest BCUT2D eigenvalue weighted by atomic mass is 9.65. The Balaban J connectivity index is 2.10. The van der Waals surface area contributed by atoms with E-state index in [9.17, 15) is 14.4 Å². The van der Waals surface area contributed by atoms with Crippen molar-refractivity contribution in [3.8, 4) is 0 Å². The van der Waals surface area contributed by atoms with Crippen molar-refractivity contribution in [2.24, 2.45) is 11.3 Å². The number of rotatable bonds is 6. The summed E-state index contributed by atoms with van der Waals surface area (Å²) in [7, 11) is 0. The van der Waals surface area contributed by atoms with Gasteiger partial charge in [0.25, 0.3) is 0 Å². The average molecular weight is 335 g/mol. The SMILES string of the molecule is C=CCN1C[C@]23C=C[C@H](O2)C(C(=O)OCC)(C(=O)OCC)[C@@H]3C1=O. The molecule has 0 unspecified atom stereocenters. The minimum absolute atomic E-state index is 0.0979. The molecule has 3 aliphatic heterocycles. The largest absolute Gasteiger partial charge is 0.465 e. The minimum atomic E-state index is -1.78. The Morgan fingerprint density at radius 2 is 2.00 bits per heavy atom. The van der Waals surface area contributed by atoms with Crippen molar-refractivity contribution in [3.05, 3.63) is 24.8 Å². The fraction of sp³-hybridized carbons (Fsp3) is 0.588. The van der Waals surface area contributed by atoms with E-state index in [2.05, 4.69) is 6.58 Å². The van der Waals surface area contributed by atoms with Gasteiger partial charge in [0.1, 0.15) is 17.6 Å². The second kappa shape index (κ2) is 5.73. The average Bonchev–Trinajstić information content (AvgIpc) is 3.16. The highest BCUT2D eigenvalue weighted by Gasteiger charge is 2.79. The number of hydrogen-bond donors (Lipinski definition) is 0. The van der Waals surface area contributed by atoms with Gasteiger partial charge in [-0.15, -0.1) is 6.58 Å². The first-order chi connectivity index (χ1) is 11.5. The lowest BCUT2D eigenvalue weighted by Gasteiger charge is -2.33. The summed E-state index contributed by atoms with van der Waals surface area (Å²) in [4.78, 5) is 40.1. The summed E-state index contributed by atoms with van der Waals surface area (Å²) in [5.74, 6) is -2.82. The summed E-state index contributed by atoms with van der Waals surface area (Å²) in [6, 6.07) is 0. The second-order valence-electron chi connectivity index (χ2n) is 6.10. The lowest BCUT2D eigenvalue weighted by Crippen LogP contribution is -2.56. The summed E-state index contributed by atoms with van der Waals surface area (Å²) in [5, 5.41) is 0. The van der Waals surface area contributed by atoms with Crippen molar-refractivity contribution in [2.75, 3.05) is 26.3 Å². The van der Waals surface area contributed by atoms with E-state index in [0.29, 0.717) is 6.54 Å². The van der Waals surface area contributed by atoms with E-state index in [4.69, 9.17) is 14.2 Å². The van der Waals surface area contributed by atoms with Gasteiger partial charge in [-0.25, -0.2) is 0 Å². The molecular weight excluding hydrogens is 314 g/mol. The zero-order chi connectivity index (χ0) is 17.5. The molecule has 7 nitrogen and oxygen atoms in total. The van der Waals surface area contributed by atoms with Gasteiger partial charge in [0.2, 0.25) is 11.3 Å². The number of amides is 1. The highest BCUT2D eigenvalue weighted by molar-refractivity contribution is 6.08. The molecule has 0 radical (unpaired) electrons. The molecule has 0 saturated carbocycles. The summed E-state index contributed by atoms with van der Waals surface area (Å²) in [6.45, 7) is 7.73. The van der Waals surface area contributed by atoms with Crippen LogP contribution in [-0.4, -0.2) is 60.8 Å². The molecule has 0 aromatic heterocycles. The third-order valence-electron chi connectivity index (χ3n) is 4.86. The summed E-state index contributed by atoms with van der Waals surface area (Å²) < 4.78 is 16.3. The van der Waals surface area contributed by atoms with Crippen LogP contribution in [0.25, 0.3) is 0 Å². The lowest BCUT2D eigenvalue weighted by molar-refractivity contribution is -0.179. The molecule has 3 aliphatic rings. The number of nitrogens with zero attached hydrogens (tertiary/aromatic N) is 1. The van der Waals surface area contributed by atoms with E-state index in [1.54, 1.807) is 32.1 Å². The van der Waals surface area contributed by atoms with E-state index in [-0.39, 0.29) is 25.7 Å². The third-order valence-corrected chi connectivity index (χ3v) is 4.86. The molecule has 2 bridgehead atoms. The fourth-order valence-corrected chi connectivity index (χ4v) is 4.03. The quantitative estimate of drug-likeness (QED) is 0.398. The number of likely N-dealkylation sites (tertiary alicyclic amines) is 1. The van der Waals surface area contributed by atoms with Crippen LogP contribution < -0.4 is 0 Å². The molecule has 130 valence electrons. The van der Waals surface area contributed by atoms with Gasteiger partial charge in [-0.3, -0.25) is 14.4 Å². The maximum absolute atomic E-state index is 12.9. The molecule has 24 heavy (non-hydrogen) atoms. The highest BCUT2D eigenvalue weighted by Crippen LogP contribution is 2.59. The smallest absolute Gasteiger partial charge is 0.327 e. The van der Waals surface area contributed by atoms with Crippen LogP contribution in [0, 0.1) is 11.3 Å². The predicted octanol–water partition coefficient (Wildman–Crippen LogP) is 0.451. The Bertz CT molecular complexity index is 609. The molecule has 3 heterocycles. The number of carbonyl (C=O) groups is 3. The van der Waals surface area contributed by atoms with Gasteiger partial charge in [-0.05, 0) is 13.8 Å². The van der Waals surface area contributed by atoms with Crippen LogP contribution in [0.15, 0.2) is 24.8 Å². The van der Waals surface area contributed by atoms with Gasteiger partial charge in [-0.2, -0.15) is 0 Å². The first kappa shape index (κ1) is 16.7. The summed E-state index contributed by atoms with van der Waals surface area (Å²) in [6.07, 6.45) is 4.19. The van der Waals surface area contributed by atoms with Crippen LogP contribution in [0.1, 0.15) is 13.8 Å². The number of fused-ring (bicyclic) bond motifs is 1. The van der Waals surface area contributed by atoms with E-state index in [0.717, 1.165) is 0 Å². The van der Waals surface area contributed by atoms with Crippen molar-refractivity contribution in [1.82, 2.24) is 4.90 Å². The number of ether oxygens (including phenoxy) is 3. The summed E-state index contributed by atoms with van der Waals surface area (Å²) >= 11 is 0. The predicted molar refractivity (Wildman–Crippen MR) is 82.7 cm³/mol. The number of carbonyl (C=O) groups excluding carboxylic acids is 3. The number of esters is 2. The van der Waals surface area contributed by atoms with Crippen LogP contribution in [0.4, 0.5) is 0 Å². The molecule has 2 saturated heterocycles. The van der Waals surface area contributed by atoms with E-state index in [1.165, 1.54) is 4.90 Å². The highest BCUT2D eigenvalue weighted by atomic mass is 16.6. The molecule has 1 amide bonds. The van der Waals surface area contributed by atoms with Crippen molar-refractivity contribution in [2.45, 2.75) is 25.6 Å². The molecule has 0 aliphatic carbocycles. The Hall–Kier alpha value is -2.15. The van der Waals surface area contributed by atoms with Crippen LogP contribution in [0.2, 0.25) is 0 Å². The van der Waals surface area contributed by atoms with Crippen LogP contribution >= 0.6 is 0 Å². The first-order valence-electron chi connectivity index (χ1n) is 8.09. The van der Waals surface area contributed by atoms with E-state index in [1.807, 2.05) is 0 Å². The van der Waals surface area contributed by atoms with Gasteiger partial charge in [0.05, 0.1) is 19.8 Å². The van der Waals surface area contributed by atoms with Crippen molar-refractivity contribution in [3.63, 3.8) is 0 Å². The normalized spacial score (nSPS) is 31.9. The van der Waals surface area contributed by atoms with Crippen LogP contribution in [-0.2, 0) is 28.6 Å². The van der Waals surface area contributed by atoms with E-state index < -0.39 is 35.0 Å². The van der Waals surface area contributed by atoms with E-state index >= 15 is 0 Å². The van der Waals surface area contributed by atoms with Crippen LogP contribution in [0.3, 0.4) is 0 Å². The first-order valence-corrected chi connectivity index (χ1v) is 8.09. The molecular formula is C17H21NO6. The molecule has 2 fully saturated rings. The Morgan fingerprint density at radius 1 is 1.38 bits per heavy atom.